The summed E-state index contributed by atoms with van der Waals surface area (Å²) in [4.78, 5) is 12.1. The van der Waals surface area contributed by atoms with Gasteiger partial charge in [0.05, 0.1) is 25.9 Å². The Balaban J connectivity index is 1.59. The molecular formula is C26H45NO20. The first kappa shape index (κ1) is 38.5. The van der Waals surface area contributed by atoms with Crippen molar-refractivity contribution in [1.82, 2.24) is 5.32 Å². The first-order chi connectivity index (χ1) is 22.1. The number of carbonyl (C=O) groups is 1. The lowest BCUT2D eigenvalue weighted by Crippen LogP contribution is -2.69. The molecule has 0 radical (unpaired) electrons. The molecule has 13 N–H and O–H groups in total. The third-order valence-electron chi connectivity index (χ3n) is 8.57. The number of hydrogen-bond donors (Lipinski definition) is 13. The van der Waals surface area contributed by atoms with E-state index in [1.807, 2.05) is 0 Å². The average molecular weight is 692 g/mol. The highest BCUT2D eigenvalue weighted by Crippen LogP contribution is 2.34. The molecule has 21 heteroatoms. The Bertz CT molecular complexity index is 1010. The molecule has 1 amide bonds. The number of hydrogen-bond acceptors (Lipinski definition) is 20. The van der Waals surface area contributed by atoms with Gasteiger partial charge in [0, 0.05) is 6.92 Å². The van der Waals surface area contributed by atoms with Crippen LogP contribution in [-0.2, 0) is 38.0 Å². The lowest BCUT2D eigenvalue weighted by molar-refractivity contribution is -0.387. The Morgan fingerprint density at radius 1 is 0.553 bits per heavy atom. The first-order valence-corrected chi connectivity index (χ1v) is 15.0. The van der Waals surface area contributed by atoms with E-state index in [-0.39, 0.29) is 0 Å². The molecule has 0 saturated carbocycles. The van der Waals surface area contributed by atoms with Crippen LogP contribution < -0.4 is 5.32 Å². The fourth-order valence-corrected chi connectivity index (χ4v) is 5.87. The SMILES string of the molecule is CC(=O)NC1[C@H](O[C@@H]2C(O)C(O)OC(CO)[C@@H]2O)OC(CO)[C@@H](O[C@@H]2OC(CO)[C@H](O)[C@H](O)C2O[C@@H]2OC(C)[C@@H](O)[C@H](O)C2O)[C@@H]1O. The van der Waals surface area contributed by atoms with Gasteiger partial charge >= 0.3 is 0 Å². The van der Waals surface area contributed by atoms with E-state index in [1.165, 1.54) is 6.92 Å². The summed E-state index contributed by atoms with van der Waals surface area (Å²) >= 11 is 0. The van der Waals surface area contributed by atoms with Gasteiger partial charge in [0.1, 0.15) is 91.5 Å². The van der Waals surface area contributed by atoms with E-state index < -0.39 is 148 Å². The van der Waals surface area contributed by atoms with E-state index in [2.05, 4.69) is 5.32 Å². The number of aliphatic hydroxyl groups is 12. The standard InChI is InChI=1S/C26H45NO20/c1-6-12(32)16(36)18(38)25(41-6)47-22-17(37)13(33)8(3-28)43-26(22)45-20-10(5-30)44-24(11(15(20)35)27-7(2)31)46-21-14(34)9(4-29)42-23(40)19(21)39/h6,8-26,28-30,32-40H,3-5H2,1-2H3,(H,27,31)/t6?,8?,9?,10?,11?,12-,13+,14+,15-,16+,17+,18?,19?,20-,21+,22?,23?,24+,25+,26+/m1/s1. The van der Waals surface area contributed by atoms with Crippen LogP contribution >= 0.6 is 0 Å². The first-order valence-electron chi connectivity index (χ1n) is 15.0. The van der Waals surface area contributed by atoms with Crippen molar-refractivity contribution in [2.45, 2.75) is 137 Å². The van der Waals surface area contributed by atoms with E-state index in [1.54, 1.807) is 0 Å². The Hall–Kier alpha value is -1.29. The second kappa shape index (κ2) is 16.2. The van der Waals surface area contributed by atoms with Crippen molar-refractivity contribution in [3.05, 3.63) is 0 Å². The van der Waals surface area contributed by atoms with E-state index in [9.17, 15) is 66.1 Å². The van der Waals surface area contributed by atoms with Gasteiger partial charge in [0.25, 0.3) is 0 Å². The van der Waals surface area contributed by atoms with E-state index in [4.69, 9.17) is 33.2 Å². The molecule has 0 spiro atoms. The highest BCUT2D eigenvalue weighted by Gasteiger charge is 2.55. The van der Waals surface area contributed by atoms with Crippen molar-refractivity contribution in [2.75, 3.05) is 19.8 Å². The summed E-state index contributed by atoms with van der Waals surface area (Å²) in [5, 5.41) is 126. The molecule has 0 bridgehead atoms. The van der Waals surface area contributed by atoms with Gasteiger partial charge in [-0.15, -0.1) is 0 Å². The van der Waals surface area contributed by atoms with E-state index in [0.717, 1.165) is 6.92 Å². The van der Waals surface area contributed by atoms with Gasteiger partial charge in [-0.3, -0.25) is 4.79 Å². The van der Waals surface area contributed by atoms with Crippen LogP contribution in [0.1, 0.15) is 13.8 Å². The molecule has 0 aromatic carbocycles. The van der Waals surface area contributed by atoms with Gasteiger partial charge < -0.3 is 99.8 Å². The molecule has 20 atom stereocenters. The molecule has 4 heterocycles. The Kier molecular flexibility index (Phi) is 13.2. The fraction of sp³-hybridized carbons (Fsp3) is 0.962. The van der Waals surface area contributed by atoms with Crippen molar-refractivity contribution < 1.29 is 99.2 Å². The highest BCUT2D eigenvalue weighted by atomic mass is 16.8. The number of nitrogens with one attached hydrogen (secondary N) is 1. The minimum absolute atomic E-state index is 0.735. The molecule has 0 aromatic rings. The summed E-state index contributed by atoms with van der Waals surface area (Å²) in [6.45, 7) is -0.108. The topological polar surface area (TPSA) is 336 Å². The van der Waals surface area contributed by atoms with Crippen molar-refractivity contribution in [3.63, 3.8) is 0 Å². The molecule has 4 saturated heterocycles. The van der Waals surface area contributed by atoms with Crippen LogP contribution in [0.5, 0.6) is 0 Å². The number of aliphatic hydroxyl groups excluding tert-OH is 12. The predicted octanol–water partition coefficient (Wildman–Crippen LogP) is -8.58. The maximum atomic E-state index is 12.1. The Labute approximate surface area is 267 Å². The lowest BCUT2D eigenvalue weighted by Gasteiger charge is -2.50. The lowest BCUT2D eigenvalue weighted by atomic mass is 9.94. The number of amides is 1. The maximum Gasteiger partial charge on any atom is 0.217 e. The maximum absolute atomic E-state index is 12.1. The minimum Gasteiger partial charge on any atom is -0.394 e. The minimum atomic E-state index is -1.92. The van der Waals surface area contributed by atoms with E-state index in [0.29, 0.717) is 0 Å². The molecule has 0 aliphatic carbocycles. The molecule has 274 valence electrons. The number of rotatable bonds is 10. The zero-order chi connectivity index (χ0) is 34.9. The van der Waals surface area contributed by atoms with Crippen molar-refractivity contribution >= 4 is 5.91 Å². The summed E-state index contributed by atoms with van der Waals surface area (Å²) < 4.78 is 38.9. The van der Waals surface area contributed by atoms with Crippen LogP contribution in [0.2, 0.25) is 0 Å². The number of ether oxygens (including phenoxy) is 7. The van der Waals surface area contributed by atoms with Crippen LogP contribution in [0, 0.1) is 0 Å². The van der Waals surface area contributed by atoms with Gasteiger partial charge in [-0.1, -0.05) is 0 Å². The molecule has 21 nitrogen and oxygen atoms in total. The molecule has 47 heavy (non-hydrogen) atoms. The van der Waals surface area contributed by atoms with Gasteiger partial charge in [-0.05, 0) is 6.92 Å². The van der Waals surface area contributed by atoms with E-state index >= 15 is 0 Å². The van der Waals surface area contributed by atoms with Crippen molar-refractivity contribution in [3.8, 4) is 0 Å². The predicted molar refractivity (Wildman–Crippen MR) is 144 cm³/mol. The monoisotopic (exact) mass is 691 g/mol. The molecule has 0 aromatic heterocycles. The van der Waals surface area contributed by atoms with Gasteiger partial charge in [-0.25, -0.2) is 0 Å². The highest BCUT2D eigenvalue weighted by molar-refractivity contribution is 5.73. The summed E-state index contributed by atoms with van der Waals surface area (Å²) in [6, 6.07) is -1.58. The molecule has 4 aliphatic rings. The van der Waals surface area contributed by atoms with Crippen LogP contribution in [0.4, 0.5) is 0 Å². The third kappa shape index (κ3) is 8.04. The summed E-state index contributed by atoms with van der Waals surface area (Å²) in [7, 11) is 0. The molecular weight excluding hydrogens is 646 g/mol. The van der Waals surface area contributed by atoms with Crippen molar-refractivity contribution in [1.29, 1.82) is 0 Å². The zero-order valence-corrected chi connectivity index (χ0v) is 25.3. The van der Waals surface area contributed by atoms with Crippen LogP contribution in [0.25, 0.3) is 0 Å². The Morgan fingerprint density at radius 2 is 1.11 bits per heavy atom. The number of carbonyl (C=O) groups excluding carboxylic acids is 1. The molecule has 9 unspecified atom stereocenters. The normalized spacial score (nSPS) is 51.0. The summed E-state index contributed by atoms with van der Waals surface area (Å²) in [5.74, 6) is -0.735. The summed E-state index contributed by atoms with van der Waals surface area (Å²) in [6.07, 6.45) is -32.3. The quantitative estimate of drug-likeness (QED) is 0.101. The second-order valence-corrected chi connectivity index (χ2v) is 11.9. The zero-order valence-electron chi connectivity index (χ0n) is 25.3. The second-order valence-electron chi connectivity index (χ2n) is 11.9. The van der Waals surface area contributed by atoms with Gasteiger partial charge in [0.15, 0.2) is 25.2 Å². The largest absolute Gasteiger partial charge is 0.394 e. The van der Waals surface area contributed by atoms with Crippen LogP contribution in [0.3, 0.4) is 0 Å². The molecule has 4 rings (SSSR count). The van der Waals surface area contributed by atoms with Gasteiger partial charge in [0.2, 0.25) is 5.91 Å². The van der Waals surface area contributed by atoms with Crippen LogP contribution in [-0.4, -0.2) is 210 Å². The average Bonchev–Trinajstić information content (AvgIpc) is 3.04. The van der Waals surface area contributed by atoms with Gasteiger partial charge in [-0.2, -0.15) is 0 Å². The van der Waals surface area contributed by atoms with Crippen LogP contribution in [0.15, 0.2) is 0 Å². The summed E-state index contributed by atoms with van der Waals surface area (Å²) in [5.41, 5.74) is 0. The fourth-order valence-electron chi connectivity index (χ4n) is 5.87. The molecule has 4 fully saturated rings. The van der Waals surface area contributed by atoms with Crippen molar-refractivity contribution in [2.24, 2.45) is 0 Å². The molecule has 4 aliphatic heterocycles. The Morgan fingerprint density at radius 3 is 1.70 bits per heavy atom. The smallest absolute Gasteiger partial charge is 0.217 e. The third-order valence-corrected chi connectivity index (χ3v) is 8.57.